The molecule has 3 nitrogen and oxygen atoms in total. The molecule has 1 aromatic rings. The molecule has 3 heteroatoms. The highest BCUT2D eigenvalue weighted by molar-refractivity contribution is 5.79. The largest absolute Gasteiger partial charge is 0.396 e. The van der Waals surface area contributed by atoms with Gasteiger partial charge in [-0.1, -0.05) is 6.07 Å². The van der Waals surface area contributed by atoms with Gasteiger partial charge in [-0.3, -0.25) is 9.78 Å². The average Bonchev–Trinajstić information content (AvgIpc) is 2.34. The van der Waals surface area contributed by atoms with Crippen molar-refractivity contribution in [1.29, 1.82) is 0 Å². The Morgan fingerprint density at radius 2 is 2.06 bits per heavy atom. The number of rotatable bonds is 3. The van der Waals surface area contributed by atoms with Crippen LogP contribution in [-0.2, 0) is 10.2 Å². The molecule has 1 aromatic heterocycles. The van der Waals surface area contributed by atoms with E-state index in [4.69, 9.17) is 0 Å². The number of aliphatic hydroxyl groups is 1. The number of hydrogen-bond acceptors (Lipinski definition) is 3. The van der Waals surface area contributed by atoms with Gasteiger partial charge >= 0.3 is 0 Å². The lowest BCUT2D eigenvalue weighted by atomic mass is 9.69. The molecule has 0 atom stereocenters. The Morgan fingerprint density at radius 3 is 2.62 bits per heavy atom. The maximum Gasteiger partial charge on any atom is 0.132 e. The molecule has 0 unspecified atom stereocenters. The number of hydrogen-bond donors (Lipinski definition) is 1. The Morgan fingerprint density at radius 1 is 1.31 bits per heavy atom. The average molecular weight is 219 g/mol. The monoisotopic (exact) mass is 219 g/mol. The van der Waals surface area contributed by atoms with Crippen molar-refractivity contribution in [3.8, 4) is 0 Å². The molecule has 1 fully saturated rings. The van der Waals surface area contributed by atoms with Crippen molar-refractivity contribution in [1.82, 2.24) is 4.98 Å². The van der Waals surface area contributed by atoms with Crippen molar-refractivity contribution in [3.05, 3.63) is 30.1 Å². The first kappa shape index (κ1) is 11.3. The summed E-state index contributed by atoms with van der Waals surface area (Å²) < 4.78 is 0. The number of carbonyl (C=O) groups excluding carboxylic acids is 1. The van der Waals surface area contributed by atoms with Gasteiger partial charge in [0.2, 0.25) is 0 Å². The van der Waals surface area contributed by atoms with Crippen LogP contribution in [0, 0.1) is 0 Å². The number of aliphatic hydroxyl groups excluding tert-OH is 1. The number of pyridine rings is 1. The summed E-state index contributed by atoms with van der Waals surface area (Å²) in [6.07, 6.45) is 5.38. The van der Waals surface area contributed by atoms with Crippen molar-refractivity contribution in [2.75, 3.05) is 6.61 Å². The number of nitrogens with zero attached hydrogens (tertiary/aromatic N) is 1. The van der Waals surface area contributed by atoms with Crippen molar-refractivity contribution < 1.29 is 9.90 Å². The van der Waals surface area contributed by atoms with Crippen molar-refractivity contribution >= 4 is 5.78 Å². The Kier molecular flexibility index (Phi) is 3.34. The predicted octanol–water partition coefficient (Wildman–Crippen LogP) is 1.84. The van der Waals surface area contributed by atoms with E-state index in [1.807, 2.05) is 18.2 Å². The van der Waals surface area contributed by atoms with Gasteiger partial charge in [0.1, 0.15) is 5.78 Å². The first-order chi connectivity index (χ1) is 7.77. The van der Waals surface area contributed by atoms with E-state index in [9.17, 15) is 9.90 Å². The van der Waals surface area contributed by atoms with E-state index in [0.717, 1.165) is 18.5 Å². The molecule has 0 saturated heterocycles. The van der Waals surface area contributed by atoms with E-state index in [2.05, 4.69) is 4.98 Å². The third-order valence-electron chi connectivity index (χ3n) is 3.56. The van der Waals surface area contributed by atoms with Gasteiger partial charge in [0.25, 0.3) is 0 Å². The fourth-order valence-corrected chi connectivity index (χ4v) is 2.53. The minimum atomic E-state index is -0.0794. The molecule has 2 rings (SSSR count). The fourth-order valence-electron chi connectivity index (χ4n) is 2.53. The molecule has 1 aliphatic rings. The van der Waals surface area contributed by atoms with Crippen molar-refractivity contribution in [2.24, 2.45) is 0 Å². The van der Waals surface area contributed by atoms with Gasteiger partial charge in [0.15, 0.2) is 0 Å². The molecule has 86 valence electrons. The number of Topliss-reactive ketones (excluding diaryl/α,β-unsaturated/α-hetero) is 1. The van der Waals surface area contributed by atoms with Gasteiger partial charge in [-0.05, 0) is 31.4 Å². The van der Waals surface area contributed by atoms with E-state index >= 15 is 0 Å². The zero-order valence-electron chi connectivity index (χ0n) is 9.35. The molecule has 16 heavy (non-hydrogen) atoms. The minimum absolute atomic E-state index is 0.0794. The Hall–Kier alpha value is -1.22. The minimum Gasteiger partial charge on any atom is -0.396 e. The van der Waals surface area contributed by atoms with Crippen molar-refractivity contribution in [2.45, 2.75) is 37.5 Å². The van der Waals surface area contributed by atoms with Crippen LogP contribution in [0.2, 0.25) is 0 Å². The third-order valence-corrected chi connectivity index (χ3v) is 3.56. The van der Waals surface area contributed by atoms with Gasteiger partial charge in [0, 0.05) is 36.8 Å². The normalized spacial score (nSPS) is 19.7. The quantitative estimate of drug-likeness (QED) is 0.844. The maximum absolute atomic E-state index is 11.3. The standard InChI is InChI=1S/C13H17NO2/c15-10-8-13(6-4-11(16)5-7-13)12-3-1-2-9-14-12/h1-3,9,15H,4-8,10H2. The Balaban J connectivity index is 2.25. The van der Waals surface area contributed by atoms with Crippen LogP contribution in [0.4, 0.5) is 0 Å². The SMILES string of the molecule is O=C1CCC(CCO)(c2ccccn2)CC1. The third kappa shape index (κ3) is 2.14. The Labute approximate surface area is 95.5 Å². The molecule has 0 amide bonds. The lowest BCUT2D eigenvalue weighted by Crippen LogP contribution is -2.33. The number of carbonyl (C=O) groups is 1. The van der Waals surface area contributed by atoms with Crippen LogP contribution in [0.1, 0.15) is 37.8 Å². The molecular weight excluding hydrogens is 202 g/mol. The molecule has 0 bridgehead atoms. The molecule has 1 saturated carbocycles. The van der Waals surface area contributed by atoms with Gasteiger partial charge in [-0.2, -0.15) is 0 Å². The van der Waals surface area contributed by atoms with Crippen LogP contribution in [0.5, 0.6) is 0 Å². The summed E-state index contributed by atoms with van der Waals surface area (Å²) in [6, 6.07) is 5.87. The first-order valence-electron chi connectivity index (χ1n) is 5.81. The summed E-state index contributed by atoms with van der Waals surface area (Å²) in [5.74, 6) is 0.337. The zero-order valence-corrected chi connectivity index (χ0v) is 9.35. The van der Waals surface area contributed by atoms with Crippen LogP contribution in [0.25, 0.3) is 0 Å². The Bertz CT molecular complexity index is 351. The molecule has 0 spiro atoms. The second kappa shape index (κ2) is 4.74. The molecule has 0 aliphatic heterocycles. The highest BCUT2D eigenvalue weighted by Crippen LogP contribution is 2.39. The summed E-state index contributed by atoms with van der Waals surface area (Å²) in [5, 5.41) is 9.20. The van der Waals surface area contributed by atoms with Crippen LogP contribution in [0.3, 0.4) is 0 Å². The topological polar surface area (TPSA) is 50.2 Å². The van der Waals surface area contributed by atoms with E-state index < -0.39 is 0 Å². The summed E-state index contributed by atoms with van der Waals surface area (Å²) in [7, 11) is 0. The molecule has 0 aromatic carbocycles. The fraction of sp³-hybridized carbons (Fsp3) is 0.538. The van der Waals surface area contributed by atoms with Crippen LogP contribution < -0.4 is 0 Å². The second-order valence-electron chi connectivity index (χ2n) is 4.51. The highest BCUT2D eigenvalue weighted by atomic mass is 16.3. The molecule has 1 N–H and O–H groups in total. The van der Waals surface area contributed by atoms with Gasteiger partial charge < -0.3 is 5.11 Å². The summed E-state index contributed by atoms with van der Waals surface area (Å²) in [6.45, 7) is 0.158. The highest BCUT2D eigenvalue weighted by Gasteiger charge is 2.36. The van der Waals surface area contributed by atoms with Gasteiger partial charge in [-0.15, -0.1) is 0 Å². The maximum atomic E-state index is 11.3. The van der Waals surface area contributed by atoms with E-state index in [1.165, 1.54) is 0 Å². The molecule has 1 heterocycles. The molecule has 1 aliphatic carbocycles. The number of ketones is 1. The van der Waals surface area contributed by atoms with Gasteiger partial charge in [0.05, 0.1) is 0 Å². The van der Waals surface area contributed by atoms with E-state index in [1.54, 1.807) is 6.20 Å². The first-order valence-corrected chi connectivity index (χ1v) is 5.81. The predicted molar refractivity (Wildman–Crippen MR) is 61.1 cm³/mol. The summed E-state index contributed by atoms with van der Waals surface area (Å²) in [5.41, 5.74) is 0.945. The molecule has 0 radical (unpaired) electrons. The number of aromatic nitrogens is 1. The van der Waals surface area contributed by atoms with Crippen LogP contribution in [-0.4, -0.2) is 22.5 Å². The smallest absolute Gasteiger partial charge is 0.132 e. The molecular formula is C13H17NO2. The lowest BCUT2D eigenvalue weighted by molar-refractivity contribution is -0.121. The van der Waals surface area contributed by atoms with E-state index in [-0.39, 0.29) is 12.0 Å². The second-order valence-corrected chi connectivity index (χ2v) is 4.51. The van der Waals surface area contributed by atoms with Crippen molar-refractivity contribution in [3.63, 3.8) is 0 Å². The lowest BCUT2D eigenvalue weighted by Gasteiger charge is -2.35. The van der Waals surface area contributed by atoms with Gasteiger partial charge in [-0.25, -0.2) is 0 Å². The summed E-state index contributed by atoms with van der Waals surface area (Å²) in [4.78, 5) is 15.7. The van der Waals surface area contributed by atoms with Crippen LogP contribution in [0.15, 0.2) is 24.4 Å². The summed E-state index contributed by atoms with van der Waals surface area (Å²) >= 11 is 0. The van der Waals surface area contributed by atoms with Crippen LogP contribution >= 0.6 is 0 Å². The zero-order chi connectivity index (χ0) is 11.4. The van der Waals surface area contributed by atoms with E-state index in [0.29, 0.717) is 25.0 Å².